The zero-order valence-electron chi connectivity index (χ0n) is 16.1. The van der Waals surface area contributed by atoms with Gasteiger partial charge in [0.05, 0.1) is 12.9 Å². The minimum atomic E-state index is -1.64. The molecule has 0 spiro atoms. The Kier molecular flexibility index (Phi) is 6.53. The number of fused-ring (bicyclic) bond motifs is 1. The van der Waals surface area contributed by atoms with Crippen molar-refractivity contribution in [3.05, 3.63) is 12.7 Å². The molecule has 0 saturated heterocycles. The van der Waals surface area contributed by atoms with Gasteiger partial charge in [0.2, 0.25) is 5.91 Å². The minimum absolute atomic E-state index is 0.138. The topological polar surface area (TPSA) is 195 Å². The summed E-state index contributed by atoms with van der Waals surface area (Å²) in [5.41, 5.74) is 5.54. The molecule has 0 radical (unpaired) electrons. The van der Waals surface area contributed by atoms with Gasteiger partial charge in [0.25, 0.3) is 0 Å². The highest BCUT2D eigenvalue weighted by atomic mass is 16.6. The number of aliphatic hydroxyl groups excluding tert-OH is 1. The largest absolute Gasteiger partial charge is 0.480 e. The molecule has 2 aromatic heterocycles. The summed E-state index contributed by atoms with van der Waals surface area (Å²) in [5, 5.41) is 24.0. The number of aliphatic carboxylic acids is 1. The first-order valence-corrected chi connectivity index (χ1v) is 8.56. The highest BCUT2D eigenvalue weighted by Crippen LogP contribution is 2.15. The van der Waals surface area contributed by atoms with Crippen molar-refractivity contribution in [2.75, 3.05) is 12.3 Å². The fourth-order valence-electron chi connectivity index (χ4n) is 2.35. The number of amides is 2. The summed E-state index contributed by atoms with van der Waals surface area (Å²) in [5.74, 6) is -2.13. The van der Waals surface area contributed by atoms with Crippen molar-refractivity contribution in [2.45, 2.75) is 45.1 Å². The zero-order valence-corrected chi connectivity index (χ0v) is 16.1. The molecule has 0 fully saturated rings. The van der Waals surface area contributed by atoms with Gasteiger partial charge >= 0.3 is 12.1 Å². The summed E-state index contributed by atoms with van der Waals surface area (Å²) in [6.45, 7) is 4.21. The van der Waals surface area contributed by atoms with Crippen LogP contribution in [-0.2, 0) is 20.9 Å². The van der Waals surface area contributed by atoms with Crippen LogP contribution in [0.3, 0.4) is 0 Å². The molecule has 0 bridgehead atoms. The molecule has 158 valence electrons. The van der Waals surface area contributed by atoms with Crippen molar-refractivity contribution in [1.29, 1.82) is 0 Å². The number of carbonyl (C=O) groups excluding carboxylic acids is 2. The lowest BCUT2D eigenvalue weighted by atomic mass is 10.1. The quantitative estimate of drug-likeness (QED) is 0.373. The van der Waals surface area contributed by atoms with E-state index < -0.39 is 42.3 Å². The number of nitrogens with zero attached hydrogens (tertiary/aromatic N) is 4. The Morgan fingerprint density at radius 3 is 2.59 bits per heavy atom. The number of rotatable bonds is 7. The predicted molar refractivity (Wildman–Crippen MR) is 99.5 cm³/mol. The van der Waals surface area contributed by atoms with Crippen LogP contribution in [0.25, 0.3) is 11.2 Å². The number of nitrogen functional groups attached to an aromatic ring is 1. The van der Waals surface area contributed by atoms with Crippen molar-refractivity contribution < 1.29 is 29.3 Å². The van der Waals surface area contributed by atoms with Gasteiger partial charge in [0.1, 0.15) is 30.1 Å². The number of imidazole rings is 1. The number of nitrogens with two attached hydrogens (primary N) is 1. The zero-order chi connectivity index (χ0) is 21.8. The third kappa shape index (κ3) is 6.00. The number of carboxylic acid groups (broad SMARTS) is 1. The van der Waals surface area contributed by atoms with Crippen molar-refractivity contribution >= 4 is 35.0 Å². The van der Waals surface area contributed by atoms with Crippen LogP contribution in [0.15, 0.2) is 12.7 Å². The van der Waals surface area contributed by atoms with E-state index in [0.717, 1.165) is 0 Å². The van der Waals surface area contributed by atoms with Crippen molar-refractivity contribution in [3.63, 3.8) is 0 Å². The molecule has 13 heteroatoms. The van der Waals surface area contributed by atoms with E-state index in [0.29, 0.717) is 11.2 Å². The summed E-state index contributed by atoms with van der Waals surface area (Å²) in [6, 6.07) is -1.64. The van der Waals surface area contributed by atoms with Crippen molar-refractivity contribution in [2.24, 2.45) is 0 Å². The fraction of sp³-hybridized carbons (Fsp3) is 0.500. The van der Waals surface area contributed by atoms with Crippen LogP contribution in [-0.4, -0.2) is 72.0 Å². The van der Waals surface area contributed by atoms with E-state index in [1.165, 1.54) is 17.2 Å². The average molecular weight is 409 g/mol. The number of aromatic nitrogens is 4. The molecule has 0 aromatic carbocycles. The molecule has 0 saturated carbocycles. The third-order valence-electron chi connectivity index (χ3n) is 3.57. The molecule has 0 aliphatic heterocycles. The number of carboxylic acids is 1. The SMILES string of the molecule is CC(C)(C)OC(=O)NCC(=O)N[C@H](C(=O)O)[C@@H](O)Cn1cnc2c(N)ncnc21. The van der Waals surface area contributed by atoms with Crippen LogP contribution in [0, 0.1) is 0 Å². The van der Waals surface area contributed by atoms with Gasteiger partial charge in [-0.2, -0.15) is 0 Å². The standard InChI is InChI=1S/C16H23N7O6/c1-16(2,3)29-15(28)18-4-9(25)22-10(14(26)27)8(24)5-23-7-21-11-12(17)19-6-20-13(11)23/h6-8,10,24H,4-5H2,1-3H3,(H,18,28)(H,22,25)(H,26,27)(H2,17,19,20)/t8-,10-/m0/s1. The van der Waals surface area contributed by atoms with Gasteiger partial charge in [-0.1, -0.05) is 0 Å². The van der Waals surface area contributed by atoms with E-state index in [4.69, 9.17) is 10.5 Å². The first-order chi connectivity index (χ1) is 13.5. The number of hydrogen-bond donors (Lipinski definition) is 5. The minimum Gasteiger partial charge on any atom is -0.480 e. The van der Waals surface area contributed by atoms with Crippen LogP contribution >= 0.6 is 0 Å². The summed E-state index contributed by atoms with van der Waals surface area (Å²) < 4.78 is 6.37. The Balaban J connectivity index is 1.99. The summed E-state index contributed by atoms with van der Waals surface area (Å²) in [6.07, 6.45) is 0.180. The maximum atomic E-state index is 12.0. The Morgan fingerprint density at radius 2 is 1.97 bits per heavy atom. The molecule has 0 aliphatic rings. The van der Waals surface area contributed by atoms with Gasteiger partial charge in [0.15, 0.2) is 17.5 Å². The number of aliphatic hydroxyl groups is 1. The van der Waals surface area contributed by atoms with Gasteiger partial charge in [-0.05, 0) is 20.8 Å². The van der Waals surface area contributed by atoms with Crippen LogP contribution in [0.5, 0.6) is 0 Å². The molecular formula is C16H23N7O6. The maximum Gasteiger partial charge on any atom is 0.408 e. The van der Waals surface area contributed by atoms with E-state index >= 15 is 0 Å². The second-order valence-corrected chi connectivity index (χ2v) is 7.13. The second-order valence-electron chi connectivity index (χ2n) is 7.13. The molecule has 2 heterocycles. The van der Waals surface area contributed by atoms with Gasteiger partial charge in [-0.3, -0.25) is 4.79 Å². The Labute approximate surface area is 165 Å². The molecular weight excluding hydrogens is 386 g/mol. The smallest absolute Gasteiger partial charge is 0.408 e. The van der Waals surface area contributed by atoms with Crippen LogP contribution in [0.2, 0.25) is 0 Å². The molecule has 13 nitrogen and oxygen atoms in total. The highest BCUT2D eigenvalue weighted by Gasteiger charge is 2.29. The lowest BCUT2D eigenvalue weighted by Crippen LogP contribution is -2.52. The molecule has 29 heavy (non-hydrogen) atoms. The highest BCUT2D eigenvalue weighted by molar-refractivity contribution is 5.87. The number of carbonyl (C=O) groups is 3. The number of nitrogens with one attached hydrogen (secondary N) is 2. The molecule has 0 unspecified atom stereocenters. The van der Waals surface area contributed by atoms with E-state index in [1.807, 2.05) is 0 Å². The molecule has 2 amide bonds. The second kappa shape index (κ2) is 8.68. The lowest BCUT2D eigenvalue weighted by molar-refractivity contribution is -0.145. The van der Waals surface area contributed by atoms with Crippen molar-refractivity contribution in [3.8, 4) is 0 Å². The molecule has 2 atom stereocenters. The van der Waals surface area contributed by atoms with Gasteiger partial charge in [-0.15, -0.1) is 0 Å². The molecule has 2 rings (SSSR count). The summed E-state index contributed by atoms with van der Waals surface area (Å²) in [7, 11) is 0. The number of ether oxygens (including phenoxy) is 1. The molecule has 2 aromatic rings. The monoisotopic (exact) mass is 409 g/mol. The number of alkyl carbamates (subject to hydrolysis) is 1. The van der Waals surface area contributed by atoms with E-state index in [2.05, 4.69) is 25.6 Å². The maximum absolute atomic E-state index is 12.0. The van der Waals surface area contributed by atoms with E-state index in [1.54, 1.807) is 20.8 Å². The average Bonchev–Trinajstić information content (AvgIpc) is 3.00. The predicted octanol–water partition coefficient (Wildman–Crippen LogP) is -1.14. The van der Waals surface area contributed by atoms with Crippen molar-refractivity contribution in [1.82, 2.24) is 30.2 Å². The first-order valence-electron chi connectivity index (χ1n) is 8.56. The van der Waals surface area contributed by atoms with Crippen LogP contribution in [0.4, 0.5) is 10.6 Å². The first kappa shape index (κ1) is 21.8. The van der Waals surface area contributed by atoms with Gasteiger partial charge < -0.3 is 35.9 Å². The van der Waals surface area contributed by atoms with Crippen LogP contribution < -0.4 is 16.4 Å². The Hall–Kier alpha value is -3.48. The molecule has 6 N–H and O–H groups in total. The van der Waals surface area contributed by atoms with Gasteiger partial charge in [0, 0.05) is 0 Å². The van der Waals surface area contributed by atoms with Crippen LogP contribution in [0.1, 0.15) is 20.8 Å². The fourth-order valence-corrected chi connectivity index (χ4v) is 2.35. The van der Waals surface area contributed by atoms with E-state index in [-0.39, 0.29) is 12.4 Å². The Bertz CT molecular complexity index is 907. The van der Waals surface area contributed by atoms with E-state index in [9.17, 15) is 24.6 Å². The summed E-state index contributed by atoms with van der Waals surface area (Å²) >= 11 is 0. The number of anilines is 1. The molecule has 0 aliphatic carbocycles. The summed E-state index contributed by atoms with van der Waals surface area (Å²) in [4.78, 5) is 46.9. The Morgan fingerprint density at radius 1 is 1.28 bits per heavy atom. The van der Waals surface area contributed by atoms with Gasteiger partial charge in [-0.25, -0.2) is 24.5 Å². The number of hydrogen-bond acceptors (Lipinski definition) is 9. The third-order valence-corrected chi connectivity index (χ3v) is 3.57. The lowest BCUT2D eigenvalue weighted by Gasteiger charge is -2.22. The normalized spacial score (nSPS) is 13.5.